The number of aryl methyl sites for hydroxylation is 1. The summed E-state index contributed by atoms with van der Waals surface area (Å²) in [4.78, 5) is 12.0. The van der Waals surface area contributed by atoms with E-state index in [1.807, 2.05) is 24.3 Å². The van der Waals surface area contributed by atoms with Crippen LogP contribution in [0, 0.1) is 0 Å². The molecule has 2 rings (SSSR count). The van der Waals surface area contributed by atoms with E-state index in [-0.39, 0.29) is 11.9 Å². The SMILES string of the molecule is CCc1ccc(C(=O)NC2CCOCC2)cc1. The third kappa shape index (κ3) is 3.30. The normalized spacial score (nSPS) is 16.8. The number of hydrogen-bond donors (Lipinski definition) is 1. The zero-order valence-corrected chi connectivity index (χ0v) is 10.2. The summed E-state index contributed by atoms with van der Waals surface area (Å²) in [5.74, 6) is 0.0274. The fraction of sp³-hybridized carbons (Fsp3) is 0.500. The minimum Gasteiger partial charge on any atom is -0.381 e. The Morgan fingerprint density at radius 1 is 1.29 bits per heavy atom. The lowest BCUT2D eigenvalue weighted by Gasteiger charge is -2.23. The first-order valence-corrected chi connectivity index (χ1v) is 6.27. The van der Waals surface area contributed by atoms with E-state index >= 15 is 0 Å². The van der Waals surface area contributed by atoms with Crippen LogP contribution >= 0.6 is 0 Å². The fourth-order valence-electron chi connectivity index (χ4n) is 2.00. The maximum absolute atomic E-state index is 12.0. The van der Waals surface area contributed by atoms with Crippen molar-refractivity contribution in [1.29, 1.82) is 0 Å². The van der Waals surface area contributed by atoms with Gasteiger partial charge in [-0.1, -0.05) is 19.1 Å². The molecule has 3 heteroatoms. The molecule has 1 aromatic carbocycles. The summed E-state index contributed by atoms with van der Waals surface area (Å²) < 4.78 is 5.27. The second kappa shape index (κ2) is 5.82. The predicted molar refractivity (Wildman–Crippen MR) is 67.1 cm³/mol. The molecule has 17 heavy (non-hydrogen) atoms. The molecule has 0 atom stereocenters. The summed E-state index contributed by atoms with van der Waals surface area (Å²) in [5.41, 5.74) is 2.00. The molecule has 1 N–H and O–H groups in total. The van der Waals surface area contributed by atoms with Crippen LogP contribution in [0.2, 0.25) is 0 Å². The molecule has 0 spiro atoms. The van der Waals surface area contributed by atoms with E-state index in [1.165, 1.54) is 5.56 Å². The maximum atomic E-state index is 12.0. The molecule has 0 bridgehead atoms. The molecule has 1 aliphatic heterocycles. The lowest BCUT2D eigenvalue weighted by Crippen LogP contribution is -2.38. The van der Waals surface area contributed by atoms with Crippen LogP contribution < -0.4 is 5.32 Å². The summed E-state index contributed by atoms with van der Waals surface area (Å²) in [6.45, 7) is 3.61. The second-order valence-electron chi connectivity index (χ2n) is 4.41. The molecule has 92 valence electrons. The number of carbonyl (C=O) groups is 1. The van der Waals surface area contributed by atoms with E-state index in [2.05, 4.69) is 12.2 Å². The van der Waals surface area contributed by atoms with Crippen molar-refractivity contribution in [3.8, 4) is 0 Å². The Hall–Kier alpha value is -1.35. The topological polar surface area (TPSA) is 38.3 Å². The fourth-order valence-corrected chi connectivity index (χ4v) is 2.00. The predicted octanol–water partition coefficient (Wildman–Crippen LogP) is 2.16. The molecule has 0 saturated carbocycles. The first-order valence-electron chi connectivity index (χ1n) is 6.27. The van der Waals surface area contributed by atoms with Gasteiger partial charge in [-0.2, -0.15) is 0 Å². The van der Waals surface area contributed by atoms with Crippen molar-refractivity contribution < 1.29 is 9.53 Å². The standard InChI is InChI=1S/C14H19NO2/c1-2-11-3-5-12(6-4-11)14(16)15-13-7-9-17-10-8-13/h3-6,13H,2,7-10H2,1H3,(H,15,16). The van der Waals surface area contributed by atoms with Gasteiger partial charge in [0.1, 0.15) is 0 Å². The molecule has 0 aromatic heterocycles. The molecule has 1 heterocycles. The number of ether oxygens (including phenoxy) is 1. The van der Waals surface area contributed by atoms with Crippen LogP contribution in [0.1, 0.15) is 35.7 Å². The Labute approximate surface area is 102 Å². The minimum atomic E-state index is 0.0274. The van der Waals surface area contributed by atoms with Crippen molar-refractivity contribution >= 4 is 5.91 Å². The Balaban J connectivity index is 1.93. The second-order valence-corrected chi connectivity index (χ2v) is 4.41. The van der Waals surface area contributed by atoms with Gasteiger partial charge in [-0.15, -0.1) is 0 Å². The first kappa shape index (κ1) is 12.1. The highest BCUT2D eigenvalue weighted by Crippen LogP contribution is 2.09. The van der Waals surface area contributed by atoms with E-state index in [4.69, 9.17) is 4.74 Å². The Morgan fingerprint density at radius 2 is 1.94 bits per heavy atom. The van der Waals surface area contributed by atoms with Gasteiger partial charge in [0.2, 0.25) is 0 Å². The van der Waals surface area contributed by atoms with Crippen LogP contribution in [0.5, 0.6) is 0 Å². The summed E-state index contributed by atoms with van der Waals surface area (Å²) in [7, 11) is 0. The third-order valence-electron chi connectivity index (χ3n) is 3.18. The van der Waals surface area contributed by atoms with Crippen LogP contribution in [-0.4, -0.2) is 25.2 Å². The van der Waals surface area contributed by atoms with E-state index < -0.39 is 0 Å². The van der Waals surface area contributed by atoms with Crippen molar-refractivity contribution in [3.63, 3.8) is 0 Å². The quantitative estimate of drug-likeness (QED) is 0.868. The Bertz CT molecular complexity index is 366. The highest BCUT2D eigenvalue weighted by Gasteiger charge is 2.16. The van der Waals surface area contributed by atoms with Crippen molar-refractivity contribution in [3.05, 3.63) is 35.4 Å². The summed E-state index contributed by atoms with van der Waals surface area (Å²) >= 11 is 0. The molecule has 0 unspecified atom stereocenters. The molecule has 1 saturated heterocycles. The summed E-state index contributed by atoms with van der Waals surface area (Å²) in [5, 5.41) is 3.05. The molecule has 0 aliphatic carbocycles. The van der Waals surface area contributed by atoms with E-state index in [0.717, 1.165) is 38.0 Å². The molecule has 1 aromatic rings. The van der Waals surface area contributed by atoms with Crippen LogP contribution in [0.3, 0.4) is 0 Å². The largest absolute Gasteiger partial charge is 0.381 e. The molecule has 1 amide bonds. The van der Waals surface area contributed by atoms with Crippen LogP contribution in [-0.2, 0) is 11.2 Å². The lowest BCUT2D eigenvalue weighted by atomic mass is 10.1. The van der Waals surface area contributed by atoms with Gasteiger partial charge in [0.25, 0.3) is 5.91 Å². The lowest BCUT2D eigenvalue weighted by molar-refractivity contribution is 0.0696. The molecule has 1 aliphatic rings. The van der Waals surface area contributed by atoms with Crippen molar-refractivity contribution in [2.75, 3.05) is 13.2 Å². The smallest absolute Gasteiger partial charge is 0.251 e. The summed E-state index contributed by atoms with van der Waals surface area (Å²) in [6, 6.07) is 8.08. The number of carbonyl (C=O) groups excluding carboxylic acids is 1. The van der Waals surface area contributed by atoms with Crippen molar-refractivity contribution in [2.24, 2.45) is 0 Å². The number of nitrogens with one attached hydrogen (secondary N) is 1. The van der Waals surface area contributed by atoms with E-state index in [1.54, 1.807) is 0 Å². The van der Waals surface area contributed by atoms with Gasteiger partial charge in [-0.05, 0) is 37.0 Å². The average molecular weight is 233 g/mol. The minimum absolute atomic E-state index is 0.0274. The molecule has 1 fully saturated rings. The van der Waals surface area contributed by atoms with Gasteiger partial charge >= 0.3 is 0 Å². The number of amides is 1. The zero-order valence-electron chi connectivity index (χ0n) is 10.2. The molecule has 3 nitrogen and oxygen atoms in total. The van der Waals surface area contributed by atoms with Gasteiger partial charge in [-0.25, -0.2) is 0 Å². The average Bonchev–Trinajstić information content (AvgIpc) is 2.40. The monoisotopic (exact) mass is 233 g/mol. The molecular weight excluding hydrogens is 214 g/mol. The van der Waals surface area contributed by atoms with Gasteiger partial charge in [0.05, 0.1) is 0 Å². The van der Waals surface area contributed by atoms with Crippen LogP contribution in [0.25, 0.3) is 0 Å². The van der Waals surface area contributed by atoms with Crippen molar-refractivity contribution in [2.45, 2.75) is 32.2 Å². The van der Waals surface area contributed by atoms with Gasteiger partial charge in [0.15, 0.2) is 0 Å². The maximum Gasteiger partial charge on any atom is 0.251 e. The number of hydrogen-bond acceptors (Lipinski definition) is 2. The van der Waals surface area contributed by atoms with Gasteiger partial charge in [-0.3, -0.25) is 4.79 Å². The number of rotatable bonds is 3. The van der Waals surface area contributed by atoms with E-state index in [9.17, 15) is 4.79 Å². The van der Waals surface area contributed by atoms with Gasteiger partial charge < -0.3 is 10.1 Å². The highest BCUT2D eigenvalue weighted by atomic mass is 16.5. The van der Waals surface area contributed by atoms with Crippen molar-refractivity contribution in [1.82, 2.24) is 5.32 Å². The van der Waals surface area contributed by atoms with Gasteiger partial charge in [0, 0.05) is 24.8 Å². The Kier molecular flexibility index (Phi) is 4.15. The zero-order chi connectivity index (χ0) is 12.1. The van der Waals surface area contributed by atoms with Crippen LogP contribution in [0.15, 0.2) is 24.3 Å². The highest BCUT2D eigenvalue weighted by molar-refractivity contribution is 5.94. The third-order valence-corrected chi connectivity index (χ3v) is 3.18. The van der Waals surface area contributed by atoms with Crippen LogP contribution in [0.4, 0.5) is 0 Å². The Morgan fingerprint density at radius 3 is 2.53 bits per heavy atom. The summed E-state index contributed by atoms with van der Waals surface area (Å²) in [6.07, 6.45) is 2.83. The molecule has 0 radical (unpaired) electrons. The molecular formula is C14H19NO2. The van der Waals surface area contributed by atoms with E-state index in [0.29, 0.717) is 0 Å². The first-order chi connectivity index (χ1) is 8.29. The number of benzene rings is 1.